The lowest BCUT2D eigenvalue weighted by Gasteiger charge is -2.24. The number of guanidine groups is 1. The van der Waals surface area contributed by atoms with Gasteiger partial charge in [0.05, 0.1) is 6.61 Å². The molecule has 4 N–H and O–H groups in total. The van der Waals surface area contributed by atoms with E-state index >= 15 is 0 Å². The van der Waals surface area contributed by atoms with Gasteiger partial charge in [-0.3, -0.25) is 15.3 Å². The van der Waals surface area contributed by atoms with Crippen LogP contribution in [0, 0.1) is 0 Å². The van der Waals surface area contributed by atoms with Crippen molar-refractivity contribution in [1.82, 2.24) is 15.2 Å². The van der Waals surface area contributed by atoms with Crippen molar-refractivity contribution in [1.29, 1.82) is 0 Å². The van der Waals surface area contributed by atoms with Crippen molar-refractivity contribution in [3.05, 3.63) is 0 Å². The highest BCUT2D eigenvalue weighted by atomic mass is 16.3. The zero-order chi connectivity index (χ0) is 11.8. The lowest BCUT2D eigenvalue weighted by atomic mass is 10.4. The van der Waals surface area contributed by atoms with Crippen molar-refractivity contribution in [3.63, 3.8) is 0 Å². The van der Waals surface area contributed by atoms with Crippen LogP contribution in [0.5, 0.6) is 0 Å². The van der Waals surface area contributed by atoms with Gasteiger partial charge in [0.25, 0.3) is 0 Å². The first-order valence-corrected chi connectivity index (χ1v) is 5.91. The number of hydrogen-bond donors (Lipinski definition) is 3. The summed E-state index contributed by atoms with van der Waals surface area (Å²) in [5, 5.41) is 8.90. The molecular formula is C10H23N5O. The fraction of sp³-hybridized carbons (Fsp3) is 0.900. The van der Waals surface area contributed by atoms with E-state index in [-0.39, 0.29) is 6.61 Å². The summed E-state index contributed by atoms with van der Waals surface area (Å²) < 4.78 is 0. The number of aliphatic hydroxyl groups is 1. The van der Waals surface area contributed by atoms with Crippen LogP contribution in [0.4, 0.5) is 0 Å². The number of β-amino-alcohol motifs (C(OH)–C–C–N with tert-alkyl or cyclic N) is 1. The van der Waals surface area contributed by atoms with Crippen LogP contribution >= 0.6 is 0 Å². The van der Waals surface area contributed by atoms with Gasteiger partial charge in [0.15, 0.2) is 0 Å². The Morgan fingerprint density at radius 1 is 1.38 bits per heavy atom. The van der Waals surface area contributed by atoms with E-state index in [1.54, 1.807) is 0 Å². The van der Waals surface area contributed by atoms with Gasteiger partial charge < -0.3 is 10.0 Å². The summed E-state index contributed by atoms with van der Waals surface area (Å²) in [7, 11) is 0. The first-order chi connectivity index (χ1) is 7.81. The highest BCUT2D eigenvalue weighted by Gasteiger charge is 2.16. The standard InChI is InChI=1S/C10H23N5O/c1-2-12-10(13-11)15-5-3-4-14(6-7-15)8-9-16/h16H,2-9,11H2,1H3,(H,12,13). The second kappa shape index (κ2) is 7.43. The Balaban J connectivity index is 2.48. The molecule has 16 heavy (non-hydrogen) atoms. The number of hydrogen-bond acceptors (Lipinski definition) is 4. The van der Waals surface area contributed by atoms with Crippen molar-refractivity contribution < 1.29 is 5.11 Å². The monoisotopic (exact) mass is 229 g/mol. The SMILES string of the molecule is CCN=C(NN)N1CCCN(CCO)CC1. The Kier molecular flexibility index (Phi) is 6.14. The van der Waals surface area contributed by atoms with E-state index in [1.165, 1.54) is 0 Å². The molecule has 0 aliphatic carbocycles. The molecule has 0 spiro atoms. The zero-order valence-corrected chi connectivity index (χ0v) is 10.0. The Morgan fingerprint density at radius 3 is 2.81 bits per heavy atom. The molecular weight excluding hydrogens is 206 g/mol. The summed E-state index contributed by atoms with van der Waals surface area (Å²) in [6.07, 6.45) is 1.07. The van der Waals surface area contributed by atoms with Crippen LogP contribution in [-0.2, 0) is 0 Å². The zero-order valence-electron chi connectivity index (χ0n) is 10.0. The maximum absolute atomic E-state index is 8.90. The van der Waals surface area contributed by atoms with Gasteiger partial charge in [-0.2, -0.15) is 0 Å². The van der Waals surface area contributed by atoms with Gasteiger partial charge >= 0.3 is 0 Å². The van der Waals surface area contributed by atoms with Gasteiger partial charge in [0.2, 0.25) is 5.96 Å². The number of aliphatic imine (C=N–C) groups is 1. The topological polar surface area (TPSA) is 77.1 Å². The van der Waals surface area contributed by atoms with Crippen LogP contribution in [-0.4, -0.2) is 66.7 Å². The van der Waals surface area contributed by atoms with Gasteiger partial charge in [-0.05, 0) is 19.9 Å². The number of nitrogens with zero attached hydrogens (tertiary/aromatic N) is 3. The number of rotatable bonds is 3. The molecule has 0 saturated carbocycles. The Morgan fingerprint density at radius 2 is 2.19 bits per heavy atom. The second-order valence-electron chi connectivity index (χ2n) is 3.85. The molecule has 0 amide bonds. The molecule has 0 atom stereocenters. The summed E-state index contributed by atoms with van der Waals surface area (Å²) in [6, 6.07) is 0. The third-order valence-electron chi connectivity index (χ3n) is 2.74. The molecule has 94 valence electrons. The van der Waals surface area contributed by atoms with Crippen molar-refractivity contribution in [2.24, 2.45) is 10.8 Å². The van der Waals surface area contributed by atoms with E-state index < -0.39 is 0 Å². The van der Waals surface area contributed by atoms with Gasteiger partial charge in [-0.15, -0.1) is 0 Å². The normalized spacial score (nSPS) is 19.7. The molecule has 1 aliphatic heterocycles. The Labute approximate surface area is 97.1 Å². The van der Waals surface area contributed by atoms with Crippen molar-refractivity contribution >= 4 is 5.96 Å². The highest BCUT2D eigenvalue weighted by Crippen LogP contribution is 2.02. The fourth-order valence-corrected chi connectivity index (χ4v) is 1.93. The van der Waals surface area contributed by atoms with Crippen LogP contribution in [0.2, 0.25) is 0 Å². The molecule has 0 bridgehead atoms. The van der Waals surface area contributed by atoms with Gasteiger partial charge in [0.1, 0.15) is 0 Å². The molecule has 6 nitrogen and oxygen atoms in total. The first-order valence-electron chi connectivity index (χ1n) is 5.91. The predicted octanol–water partition coefficient (Wildman–Crippen LogP) is -1.17. The fourth-order valence-electron chi connectivity index (χ4n) is 1.93. The molecule has 0 radical (unpaired) electrons. The molecule has 1 heterocycles. The number of hydrazine groups is 1. The quantitative estimate of drug-likeness (QED) is 0.246. The molecule has 1 fully saturated rings. The molecule has 6 heteroatoms. The third kappa shape index (κ3) is 3.96. The molecule has 0 aromatic carbocycles. The minimum absolute atomic E-state index is 0.227. The van der Waals surface area contributed by atoms with Crippen LogP contribution in [0.15, 0.2) is 4.99 Å². The molecule has 1 rings (SSSR count). The smallest absolute Gasteiger partial charge is 0.208 e. The third-order valence-corrected chi connectivity index (χ3v) is 2.74. The van der Waals surface area contributed by atoms with E-state index in [2.05, 4.69) is 20.2 Å². The highest BCUT2D eigenvalue weighted by molar-refractivity contribution is 5.79. The summed E-state index contributed by atoms with van der Waals surface area (Å²) in [5.41, 5.74) is 2.66. The Hall–Kier alpha value is -0.850. The van der Waals surface area contributed by atoms with Crippen LogP contribution in [0.25, 0.3) is 0 Å². The Bertz CT molecular complexity index is 221. The van der Waals surface area contributed by atoms with Crippen LogP contribution in [0.3, 0.4) is 0 Å². The van der Waals surface area contributed by atoms with E-state index in [1.807, 2.05) is 6.92 Å². The number of aliphatic hydroxyl groups excluding tert-OH is 1. The lowest BCUT2D eigenvalue weighted by molar-refractivity contribution is 0.201. The van der Waals surface area contributed by atoms with Crippen molar-refractivity contribution in [2.45, 2.75) is 13.3 Å². The molecule has 1 saturated heterocycles. The number of nitrogens with two attached hydrogens (primary N) is 1. The van der Waals surface area contributed by atoms with Gasteiger partial charge in [0, 0.05) is 32.7 Å². The van der Waals surface area contributed by atoms with Crippen LogP contribution < -0.4 is 11.3 Å². The molecule has 0 aromatic heterocycles. The average molecular weight is 229 g/mol. The second-order valence-corrected chi connectivity index (χ2v) is 3.85. The lowest BCUT2D eigenvalue weighted by Crippen LogP contribution is -2.46. The molecule has 1 aliphatic rings. The maximum Gasteiger partial charge on any atom is 0.208 e. The molecule has 0 unspecified atom stereocenters. The van der Waals surface area contributed by atoms with E-state index in [0.717, 1.165) is 51.6 Å². The van der Waals surface area contributed by atoms with E-state index in [0.29, 0.717) is 0 Å². The van der Waals surface area contributed by atoms with Crippen LogP contribution in [0.1, 0.15) is 13.3 Å². The maximum atomic E-state index is 8.90. The first kappa shape index (κ1) is 13.2. The van der Waals surface area contributed by atoms with E-state index in [4.69, 9.17) is 10.9 Å². The molecule has 0 aromatic rings. The van der Waals surface area contributed by atoms with Gasteiger partial charge in [-0.1, -0.05) is 0 Å². The summed E-state index contributed by atoms with van der Waals surface area (Å²) >= 11 is 0. The number of nitrogens with one attached hydrogen (secondary N) is 1. The minimum Gasteiger partial charge on any atom is -0.395 e. The van der Waals surface area contributed by atoms with Gasteiger partial charge in [-0.25, -0.2) is 5.84 Å². The minimum atomic E-state index is 0.227. The summed E-state index contributed by atoms with van der Waals surface area (Å²) in [4.78, 5) is 8.75. The van der Waals surface area contributed by atoms with Crippen molar-refractivity contribution in [3.8, 4) is 0 Å². The summed E-state index contributed by atoms with van der Waals surface area (Å²) in [6.45, 7) is 7.55. The largest absolute Gasteiger partial charge is 0.395 e. The average Bonchev–Trinajstić information content (AvgIpc) is 2.52. The predicted molar refractivity (Wildman–Crippen MR) is 65.0 cm³/mol. The summed E-state index contributed by atoms with van der Waals surface area (Å²) in [5.74, 6) is 6.23. The van der Waals surface area contributed by atoms with E-state index in [9.17, 15) is 0 Å². The van der Waals surface area contributed by atoms with Crippen molar-refractivity contribution in [2.75, 3.05) is 45.9 Å².